The van der Waals surface area contributed by atoms with Gasteiger partial charge in [0.2, 0.25) is 5.91 Å². The van der Waals surface area contributed by atoms with Gasteiger partial charge in [0.1, 0.15) is 5.78 Å². The summed E-state index contributed by atoms with van der Waals surface area (Å²) < 4.78 is 0. The smallest absolute Gasteiger partial charge is 0.269 e. The van der Waals surface area contributed by atoms with E-state index in [-0.39, 0.29) is 18.2 Å². The van der Waals surface area contributed by atoms with Gasteiger partial charge in [-0.15, -0.1) is 5.10 Å². The Kier molecular flexibility index (Phi) is 2.46. The molecule has 0 atom stereocenters. The van der Waals surface area contributed by atoms with Gasteiger partial charge in [0.25, 0.3) is 5.95 Å². The van der Waals surface area contributed by atoms with Crippen LogP contribution in [0.3, 0.4) is 0 Å². The number of tetrazole rings is 1. The molecule has 1 rings (SSSR count). The summed E-state index contributed by atoms with van der Waals surface area (Å²) >= 11 is 0. The Morgan fingerprint density at radius 3 is 2.83 bits per heavy atom. The minimum Gasteiger partial charge on any atom is -0.299 e. The summed E-state index contributed by atoms with van der Waals surface area (Å²) in [5, 5.41) is 14.6. The van der Waals surface area contributed by atoms with Gasteiger partial charge < -0.3 is 0 Å². The maximum absolute atomic E-state index is 10.9. The van der Waals surface area contributed by atoms with Crippen molar-refractivity contribution in [3.63, 3.8) is 0 Å². The highest BCUT2D eigenvalue weighted by Crippen LogP contribution is 1.92. The van der Waals surface area contributed by atoms with Crippen molar-refractivity contribution in [1.29, 1.82) is 0 Å². The first-order chi connectivity index (χ1) is 5.68. The third kappa shape index (κ3) is 2.45. The average molecular weight is 169 g/mol. The van der Waals surface area contributed by atoms with Crippen LogP contribution >= 0.6 is 0 Å². The van der Waals surface area contributed by atoms with Crippen molar-refractivity contribution in [3.8, 4) is 0 Å². The van der Waals surface area contributed by atoms with E-state index >= 15 is 0 Å². The van der Waals surface area contributed by atoms with E-state index in [0.717, 1.165) is 0 Å². The van der Waals surface area contributed by atoms with E-state index in [2.05, 4.69) is 25.9 Å². The number of nitrogens with zero attached hydrogens (tertiary/aromatic N) is 3. The maximum atomic E-state index is 10.9. The minimum atomic E-state index is -0.441. The van der Waals surface area contributed by atoms with Gasteiger partial charge in [-0.1, -0.05) is 5.10 Å². The third-order valence-corrected chi connectivity index (χ3v) is 1.01. The molecule has 1 aromatic rings. The Hall–Kier alpha value is -1.79. The number of Topliss-reactive ketones (excluding diaryl/α,β-unsaturated/α-hetero) is 1. The Bertz CT molecular complexity index is 280. The highest BCUT2D eigenvalue weighted by Gasteiger charge is 2.07. The van der Waals surface area contributed by atoms with Crippen molar-refractivity contribution in [2.75, 3.05) is 5.32 Å². The summed E-state index contributed by atoms with van der Waals surface area (Å²) in [6.45, 7) is 1.33. The number of rotatable bonds is 3. The molecule has 1 amide bonds. The van der Waals surface area contributed by atoms with E-state index in [0.29, 0.717) is 0 Å². The molecule has 1 aromatic heterocycles. The molecule has 0 radical (unpaired) electrons. The second kappa shape index (κ2) is 3.56. The summed E-state index contributed by atoms with van der Waals surface area (Å²) in [5.41, 5.74) is 0. The molecular weight excluding hydrogens is 162 g/mol. The van der Waals surface area contributed by atoms with Crippen molar-refractivity contribution >= 4 is 17.6 Å². The quantitative estimate of drug-likeness (QED) is 0.572. The number of nitrogens with one attached hydrogen (secondary N) is 2. The standard InChI is InChI=1S/C5H7N5O2/c1-3(11)2-4(12)6-5-7-9-10-8-5/h2H2,1H3,(H2,6,7,8,9,10,12). The number of aromatic nitrogens is 4. The zero-order valence-electron chi connectivity index (χ0n) is 6.37. The highest BCUT2D eigenvalue weighted by atomic mass is 16.2. The minimum absolute atomic E-state index is 0.0706. The first-order valence-electron chi connectivity index (χ1n) is 3.21. The van der Waals surface area contributed by atoms with Gasteiger partial charge in [-0.25, -0.2) is 0 Å². The first-order valence-corrected chi connectivity index (χ1v) is 3.21. The van der Waals surface area contributed by atoms with Crippen molar-refractivity contribution in [2.45, 2.75) is 13.3 Å². The highest BCUT2D eigenvalue weighted by molar-refractivity contribution is 6.02. The normalized spacial score (nSPS) is 9.42. The van der Waals surface area contributed by atoms with Crippen molar-refractivity contribution < 1.29 is 9.59 Å². The Morgan fingerprint density at radius 1 is 1.58 bits per heavy atom. The molecule has 0 saturated heterocycles. The lowest BCUT2D eigenvalue weighted by Crippen LogP contribution is -2.15. The van der Waals surface area contributed by atoms with E-state index in [1.54, 1.807) is 0 Å². The summed E-state index contributed by atoms with van der Waals surface area (Å²) in [5.74, 6) is -0.582. The molecule has 7 nitrogen and oxygen atoms in total. The molecule has 12 heavy (non-hydrogen) atoms. The molecular formula is C5H7N5O2. The van der Waals surface area contributed by atoms with E-state index in [1.807, 2.05) is 0 Å². The van der Waals surface area contributed by atoms with Crippen molar-refractivity contribution in [3.05, 3.63) is 0 Å². The lowest BCUT2D eigenvalue weighted by atomic mass is 10.3. The molecule has 0 spiro atoms. The first kappa shape index (κ1) is 8.31. The summed E-state index contributed by atoms with van der Waals surface area (Å²) in [7, 11) is 0. The molecule has 7 heteroatoms. The van der Waals surface area contributed by atoms with Crippen LogP contribution in [0.25, 0.3) is 0 Å². The summed E-state index contributed by atoms with van der Waals surface area (Å²) in [6.07, 6.45) is -0.172. The number of anilines is 1. The average Bonchev–Trinajstić information content (AvgIpc) is 2.37. The monoisotopic (exact) mass is 169 g/mol. The molecule has 1 heterocycles. The van der Waals surface area contributed by atoms with Crippen LogP contribution in [0.4, 0.5) is 5.95 Å². The number of carbonyl (C=O) groups is 2. The van der Waals surface area contributed by atoms with Gasteiger partial charge in [-0.05, 0) is 12.1 Å². The fourth-order valence-corrected chi connectivity index (χ4v) is 0.610. The SMILES string of the molecule is CC(=O)CC(=O)Nc1nn[nH]n1. The number of H-pyrrole nitrogens is 1. The second-order valence-corrected chi connectivity index (χ2v) is 2.16. The third-order valence-electron chi connectivity index (χ3n) is 1.01. The molecule has 0 aliphatic heterocycles. The van der Waals surface area contributed by atoms with Crippen molar-refractivity contribution in [2.24, 2.45) is 0 Å². The number of amides is 1. The largest absolute Gasteiger partial charge is 0.299 e. The van der Waals surface area contributed by atoms with E-state index < -0.39 is 5.91 Å². The van der Waals surface area contributed by atoms with E-state index in [1.165, 1.54) is 6.92 Å². The van der Waals surface area contributed by atoms with Crippen LogP contribution in [0.5, 0.6) is 0 Å². The number of hydrogen-bond donors (Lipinski definition) is 2. The van der Waals surface area contributed by atoms with Gasteiger partial charge in [-0.3, -0.25) is 14.9 Å². The van der Waals surface area contributed by atoms with Crippen LogP contribution in [0.2, 0.25) is 0 Å². The van der Waals surface area contributed by atoms with Crippen LogP contribution in [0.1, 0.15) is 13.3 Å². The Balaban J connectivity index is 2.42. The molecule has 2 N–H and O–H groups in total. The number of hydrogen-bond acceptors (Lipinski definition) is 5. The van der Waals surface area contributed by atoms with Crippen LogP contribution in [-0.2, 0) is 9.59 Å². The van der Waals surface area contributed by atoms with Crippen LogP contribution in [0.15, 0.2) is 0 Å². The summed E-state index contributed by atoms with van der Waals surface area (Å²) in [4.78, 5) is 21.3. The topological polar surface area (TPSA) is 101 Å². The van der Waals surface area contributed by atoms with Gasteiger partial charge >= 0.3 is 0 Å². The molecule has 64 valence electrons. The number of ketones is 1. The molecule has 0 aliphatic carbocycles. The van der Waals surface area contributed by atoms with Crippen LogP contribution in [-0.4, -0.2) is 32.3 Å². The predicted octanol–water partition coefficient (Wildman–Crippen LogP) is -0.883. The molecule has 0 fully saturated rings. The Morgan fingerprint density at radius 2 is 2.33 bits per heavy atom. The molecule has 0 bridgehead atoms. The van der Waals surface area contributed by atoms with Crippen LogP contribution < -0.4 is 5.32 Å². The van der Waals surface area contributed by atoms with Crippen LogP contribution in [0, 0.1) is 0 Å². The fourth-order valence-electron chi connectivity index (χ4n) is 0.610. The molecule has 0 unspecified atom stereocenters. The number of carbonyl (C=O) groups excluding carboxylic acids is 2. The number of aromatic amines is 1. The predicted molar refractivity (Wildman–Crippen MR) is 38.1 cm³/mol. The zero-order valence-corrected chi connectivity index (χ0v) is 6.37. The van der Waals surface area contributed by atoms with Gasteiger partial charge in [0.15, 0.2) is 0 Å². The Labute approximate surface area is 67.5 Å². The maximum Gasteiger partial charge on any atom is 0.269 e. The van der Waals surface area contributed by atoms with E-state index in [4.69, 9.17) is 0 Å². The lowest BCUT2D eigenvalue weighted by Gasteiger charge is -1.95. The fraction of sp³-hybridized carbons (Fsp3) is 0.400. The zero-order chi connectivity index (χ0) is 8.97. The molecule has 0 aromatic carbocycles. The molecule has 0 saturated carbocycles. The van der Waals surface area contributed by atoms with E-state index in [9.17, 15) is 9.59 Å². The second-order valence-electron chi connectivity index (χ2n) is 2.16. The van der Waals surface area contributed by atoms with Crippen molar-refractivity contribution in [1.82, 2.24) is 20.6 Å². The van der Waals surface area contributed by atoms with Gasteiger partial charge in [0, 0.05) is 0 Å². The lowest BCUT2D eigenvalue weighted by molar-refractivity contribution is -0.124. The van der Waals surface area contributed by atoms with Gasteiger partial charge in [0.05, 0.1) is 6.42 Å². The molecule has 0 aliphatic rings. The summed E-state index contributed by atoms with van der Waals surface area (Å²) in [6, 6.07) is 0. The van der Waals surface area contributed by atoms with Gasteiger partial charge in [-0.2, -0.15) is 5.21 Å².